The van der Waals surface area contributed by atoms with Gasteiger partial charge in [-0.1, -0.05) is 6.07 Å². The Morgan fingerprint density at radius 2 is 2.08 bits per heavy atom. The lowest BCUT2D eigenvalue weighted by Crippen LogP contribution is -1.83. The van der Waals surface area contributed by atoms with Crippen LogP contribution in [-0.4, -0.2) is 8.75 Å². The van der Waals surface area contributed by atoms with Crippen LogP contribution in [0.15, 0.2) is 18.2 Å². The zero-order valence-corrected chi connectivity index (χ0v) is 8.06. The van der Waals surface area contributed by atoms with Gasteiger partial charge in [0, 0.05) is 0 Å². The minimum Gasteiger partial charge on any atom is -0.173 e. The number of hydrogen-bond acceptors (Lipinski definition) is 3. The van der Waals surface area contributed by atoms with E-state index in [1.54, 1.807) is 0 Å². The molecular weight excluding hydrogens is 192 g/mol. The van der Waals surface area contributed by atoms with Gasteiger partial charge in [-0.25, -0.2) is 0 Å². The maximum atomic E-state index is 5.93. The van der Waals surface area contributed by atoms with Crippen LogP contribution in [0.4, 0.5) is 0 Å². The number of fused-ring (bicyclic) bond motifs is 1. The molecule has 0 radical (unpaired) electrons. The fourth-order valence-corrected chi connectivity index (χ4v) is 1.70. The fraction of sp³-hybridized carbons (Fsp3) is 0.250. The summed E-state index contributed by atoms with van der Waals surface area (Å²) in [6.07, 6.45) is 0. The average Bonchev–Trinajstić information content (AvgIpc) is 2.49. The SMILES string of the molecule is CC(Cl)c1ccc2nsnc2c1. The maximum Gasteiger partial charge on any atom is 0.105 e. The van der Waals surface area contributed by atoms with Gasteiger partial charge in [0.15, 0.2) is 0 Å². The monoisotopic (exact) mass is 198 g/mol. The van der Waals surface area contributed by atoms with Crippen molar-refractivity contribution < 1.29 is 0 Å². The molecule has 0 bridgehead atoms. The minimum atomic E-state index is 0.0381. The first-order valence-corrected chi connectivity index (χ1v) is 4.80. The Kier molecular flexibility index (Phi) is 1.98. The topological polar surface area (TPSA) is 25.8 Å². The van der Waals surface area contributed by atoms with E-state index in [9.17, 15) is 0 Å². The molecule has 2 nitrogen and oxygen atoms in total. The number of nitrogens with zero attached hydrogens (tertiary/aromatic N) is 2. The summed E-state index contributed by atoms with van der Waals surface area (Å²) < 4.78 is 8.24. The Labute approximate surface area is 79.5 Å². The van der Waals surface area contributed by atoms with Gasteiger partial charge in [0.05, 0.1) is 17.1 Å². The molecule has 0 N–H and O–H groups in total. The van der Waals surface area contributed by atoms with E-state index in [1.165, 1.54) is 11.7 Å². The number of alkyl halides is 1. The molecule has 1 heterocycles. The zero-order chi connectivity index (χ0) is 8.55. The fourth-order valence-electron chi connectivity index (χ4n) is 1.05. The van der Waals surface area contributed by atoms with Crippen molar-refractivity contribution >= 4 is 34.4 Å². The molecule has 1 atom stereocenters. The average molecular weight is 199 g/mol. The third-order valence-electron chi connectivity index (χ3n) is 1.74. The molecule has 12 heavy (non-hydrogen) atoms. The van der Waals surface area contributed by atoms with Crippen molar-refractivity contribution in [1.29, 1.82) is 0 Å². The first-order chi connectivity index (χ1) is 5.77. The van der Waals surface area contributed by atoms with E-state index in [2.05, 4.69) is 8.75 Å². The predicted octanol–water partition coefficient (Wildman–Crippen LogP) is 2.99. The summed E-state index contributed by atoms with van der Waals surface area (Å²) in [6.45, 7) is 1.95. The summed E-state index contributed by atoms with van der Waals surface area (Å²) in [5.41, 5.74) is 2.97. The van der Waals surface area contributed by atoms with Crippen molar-refractivity contribution in [2.24, 2.45) is 0 Å². The van der Waals surface area contributed by atoms with Gasteiger partial charge in [-0.05, 0) is 24.6 Å². The molecule has 1 unspecified atom stereocenters. The lowest BCUT2D eigenvalue weighted by atomic mass is 10.1. The van der Waals surface area contributed by atoms with Crippen LogP contribution < -0.4 is 0 Å². The van der Waals surface area contributed by atoms with Gasteiger partial charge in [-0.15, -0.1) is 11.6 Å². The second-order valence-corrected chi connectivity index (χ2v) is 3.81. The summed E-state index contributed by atoms with van der Waals surface area (Å²) in [6, 6.07) is 5.92. The molecular formula is C8H7ClN2S. The highest BCUT2D eigenvalue weighted by Crippen LogP contribution is 2.22. The van der Waals surface area contributed by atoms with Gasteiger partial charge >= 0.3 is 0 Å². The maximum absolute atomic E-state index is 5.93. The highest BCUT2D eigenvalue weighted by molar-refractivity contribution is 7.00. The van der Waals surface area contributed by atoms with Crippen molar-refractivity contribution in [3.63, 3.8) is 0 Å². The summed E-state index contributed by atoms with van der Waals surface area (Å²) >= 11 is 7.16. The van der Waals surface area contributed by atoms with Crippen LogP contribution in [0.25, 0.3) is 11.0 Å². The quantitative estimate of drug-likeness (QED) is 0.659. The van der Waals surface area contributed by atoms with Crippen molar-refractivity contribution in [2.75, 3.05) is 0 Å². The lowest BCUT2D eigenvalue weighted by molar-refractivity contribution is 1.09. The molecule has 2 aromatic rings. The molecule has 1 aromatic carbocycles. The van der Waals surface area contributed by atoms with Crippen LogP contribution in [0.3, 0.4) is 0 Å². The molecule has 62 valence electrons. The van der Waals surface area contributed by atoms with E-state index in [-0.39, 0.29) is 5.38 Å². The van der Waals surface area contributed by atoms with Crippen LogP contribution in [0.5, 0.6) is 0 Å². The van der Waals surface area contributed by atoms with Crippen molar-refractivity contribution in [3.8, 4) is 0 Å². The molecule has 0 aliphatic carbocycles. The smallest absolute Gasteiger partial charge is 0.105 e. The van der Waals surface area contributed by atoms with Crippen LogP contribution in [0.2, 0.25) is 0 Å². The van der Waals surface area contributed by atoms with Crippen LogP contribution >= 0.6 is 23.3 Å². The molecule has 0 fully saturated rings. The normalized spacial score (nSPS) is 13.5. The molecule has 2 rings (SSSR count). The number of benzene rings is 1. The number of hydrogen-bond donors (Lipinski definition) is 0. The Balaban J connectivity index is 2.60. The van der Waals surface area contributed by atoms with E-state index >= 15 is 0 Å². The van der Waals surface area contributed by atoms with E-state index in [0.29, 0.717) is 0 Å². The van der Waals surface area contributed by atoms with Crippen molar-refractivity contribution in [2.45, 2.75) is 12.3 Å². The molecule has 0 aliphatic heterocycles. The third-order valence-corrected chi connectivity index (χ3v) is 2.55. The largest absolute Gasteiger partial charge is 0.173 e. The molecule has 0 amide bonds. The third kappa shape index (κ3) is 1.30. The highest BCUT2D eigenvalue weighted by Gasteiger charge is 2.03. The number of halogens is 1. The number of aromatic nitrogens is 2. The highest BCUT2D eigenvalue weighted by atomic mass is 35.5. The molecule has 0 saturated heterocycles. The van der Waals surface area contributed by atoms with Crippen molar-refractivity contribution in [1.82, 2.24) is 8.75 Å². The summed E-state index contributed by atoms with van der Waals surface area (Å²) in [5, 5.41) is 0.0381. The Bertz CT molecular complexity index is 397. The van der Waals surface area contributed by atoms with E-state index < -0.39 is 0 Å². The molecule has 0 saturated carbocycles. The standard InChI is InChI=1S/C8H7ClN2S/c1-5(9)6-2-3-7-8(4-6)11-12-10-7/h2-5H,1H3. The van der Waals surface area contributed by atoms with Gasteiger partial charge in [-0.3, -0.25) is 0 Å². The minimum absolute atomic E-state index is 0.0381. The van der Waals surface area contributed by atoms with Gasteiger partial charge in [0.2, 0.25) is 0 Å². The summed E-state index contributed by atoms with van der Waals surface area (Å²) in [5.74, 6) is 0. The Hall–Kier alpha value is -0.670. The van der Waals surface area contributed by atoms with Gasteiger partial charge in [0.1, 0.15) is 11.0 Å². The van der Waals surface area contributed by atoms with E-state index in [4.69, 9.17) is 11.6 Å². The Morgan fingerprint density at radius 3 is 2.83 bits per heavy atom. The zero-order valence-electron chi connectivity index (χ0n) is 6.49. The molecule has 0 aliphatic rings. The second kappa shape index (κ2) is 2.99. The van der Waals surface area contributed by atoms with Gasteiger partial charge < -0.3 is 0 Å². The van der Waals surface area contributed by atoms with Crippen molar-refractivity contribution in [3.05, 3.63) is 23.8 Å². The first kappa shape index (κ1) is 7.95. The van der Waals surface area contributed by atoms with Crippen LogP contribution in [0, 0.1) is 0 Å². The predicted molar refractivity (Wildman–Crippen MR) is 51.7 cm³/mol. The van der Waals surface area contributed by atoms with E-state index in [0.717, 1.165) is 16.6 Å². The van der Waals surface area contributed by atoms with Crippen LogP contribution in [-0.2, 0) is 0 Å². The summed E-state index contributed by atoms with van der Waals surface area (Å²) in [4.78, 5) is 0. The van der Waals surface area contributed by atoms with Gasteiger partial charge in [0.25, 0.3) is 0 Å². The Morgan fingerprint density at radius 1 is 1.33 bits per heavy atom. The van der Waals surface area contributed by atoms with E-state index in [1.807, 2.05) is 25.1 Å². The lowest BCUT2D eigenvalue weighted by Gasteiger charge is -2.00. The second-order valence-electron chi connectivity index (χ2n) is 2.63. The van der Waals surface area contributed by atoms with Crippen LogP contribution in [0.1, 0.15) is 17.9 Å². The first-order valence-electron chi connectivity index (χ1n) is 3.63. The molecule has 0 spiro atoms. The molecule has 1 aromatic heterocycles. The summed E-state index contributed by atoms with van der Waals surface area (Å²) in [7, 11) is 0. The number of rotatable bonds is 1. The van der Waals surface area contributed by atoms with Gasteiger partial charge in [-0.2, -0.15) is 8.75 Å². The molecule has 4 heteroatoms.